The van der Waals surface area contributed by atoms with E-state index in [1.807, 2.05) is 25.1 Å². The number of fused-ring (bicyclic) bond motifs is 2. The Balaban J connectivity index is 1.49. The largest absolute Gasteiger partial charge is 0.449 e. The SMILES string of the molecule is CCCOC(=O)N1CCN(C(=O)c2ccc3c(Cl)c4c(nc3c2)CCNC4)CC1. The van der Waals surface area contributed by atoms with E-state index in [1.54, 1.807) is 9.80 Å². The fraction of sp³-hybridized carbons (Fsp3) is 0.476. The lowest BCUT2D eigenvalue weighted by atomic mass is 10.0. The number of carbonyl (C=O) groups is 2. The number of aromatic nitrogens is 1. The van der Waals surface area contributed by atoms with Crippen LogP contribution in [0.2, 0.25) is 5.02 Å². The van der Waals surface area contributed by atoms with Gasteiger partial charge in [0.25, 0.3) is 5.91 Å². The summed E-state index contributed by atoms with van der Waals surface area (Å²) < 4.78 is 5.17. The Bertz CT molecular complexity index is 941. The molecule has 29 heavy (non-hydrogen) atoms. The van der Waals surface area contributed by atoms with Gasteiger partial charge in [0.05, 0.1) is 17.1 Å². The third-order valence-electron chi connectivity index (χ3n) is 5.44. The summed E-state index contributed by atoms with van der Waals surface area (Å²) in [4.78, 5) is 33.2. The van der Waals surface area contributed by atoms with Crippen molar-refractivity contribution in [1.29, 1.82) is 0 Å². The molecular weight excluding hydrogens is 392 g/mol. The molecule has 0 atom stereocenters. The summed E-state index contributed by atoms with van der Waals surface area (Å²) in [6, 6.07) is 5.52. The van der Waals surface area contributed by atoms with Crippen LogP contribution in [0.1, 0.15) is 35.0 Å². The molecule has 4 rings (SSSR count). The molecule has 0 saturated carbocycles. The number of benzene rings is 1. The number of ether oxygens (including phenoxy) is 1. The zero-order valence-electron chi connectivity index (χ0n) is 16.5. The number of hydrogen-bond acceptors (Lipinski definition) is 5. The van der Waals surface area contributed by atoms with Crippen molar-refractivity contribution in [3.05, 3.63) is 40.0 Å². The minimum Gasteiger partial charge on any atom is -0.449 e. The second-order valence-electron chi connectivity index (χ2n) is 7.40. The first-order chi connectivity index (χ1) is 14.1. The van der Waals surface area contributed by atoms with Crippen molar-refractivity contribution in [1.82, 2.24) is 20.1 Å². The fourth-order valence-electron chi connectivity index (χ4n) is 3.81. The highest BCUT2D eigenvalue weighted by Crippen LogP contribution is 2.30. The van der Waals surface area contributed by atoms with Gasteiger partial charge in [0.15, 0.2) is 0 Å². The van der Waals surface area contributed by atoms with Gasteiger partial charge in [-0.05, 0) is 18.6 Å². The summed E-state index contributed by atoms with van der Waals surface area (Å²) in [5, 5.41) is 4.91. The molecule has 0 unspecified atom stereocenters. The average Bonchev–Trinajstić information content (AvgIpc) is 2.77. The summed E-state index contributed by atoms with van der Waals surface area (Å²) in [5.74, 6) is -0.0502. The molecule has 1 N–H and O–H groups in total. The highest BCUT2D eigenvalue weighted by Gasteiger charge is 2.26. The van der Waals surface area contributed by atoms with Gasteiger partial charge >= 0.3 is 6.09 Å². The average molecular weight is 417 g/mol. The molecule has 1 aromatic carbocycles. The molecule has 1 aromatic heterocycles. The van der Waals surface area contributed by atoms with Crippen LogP contribution in [0, 0.1) is 0 Å². The molecule has 2 aliphatic rings. The van der Waals surface area contributed by atoms with E-state index in [-0.39, 0.29) is 12.0 Å². The van der Waals surface area contributed by atoms with Gasteiger partial charge in [-0.3, -0.25) is 9.78 Å². The van der Waals surface area contributed by atoms with Crippen molar-refractivity contribution in [3.8, 4) is 0 Å². The van der Waals surface area contributed by atoms with Gasteiger partial charge in [-0.1, -0.05) is 24.6 Å². The van der Waals surface area contributed by atoms with Gasteiger partial charge < -0.3 is 19.9 Å². The minimum absolute atomic E-state index is 0.0502. The predicted octanol–water partition coefficient (Wildman–Crippen LogP) is 2.84. The Morgan fingerprint density at radius 3 is 2.72 bits per heavy atom. The first-order valence-corrected chi connectivity index (χ1v) is 10.5. The summed E-state index contributed by atoms with van der Waals surface area (Å²) >= 11 is 6.60. The van der Waals surface area contributed by atoms with Crippen LogP contribution in [-0.2, 0) is 17.7 Å². The molecule has 2 aromatic rings. The van der Waals surface area contributed by atoms with Gasteiger partial charge in [0.2, 0.25) is 0 Å². The number of hydrogen-bond donors (Lipinski definition) is 1. The zero-order valence-corrected chi connectivity index (χ0v) is 17.3. The van der Waals surface area contributed by atoms with E-state index in [1.165, 1.54) is 0 Å². The van der Waals surface area contributed by atoms with Gasteiger partial charge in [-0.2, -0.15) is 0 Å². The Morgan fingerprint density at radius 2 is 1.97 bits per heavy atom. The molecule has 0 radical (unpaired) electrons. The van der Waals surface area contributed by atoms with E-state index >= 15 is 0 Å². The summed E-state index contributed by atoms with van der Waals surface area (Å²) in [6.07, 6.45) is 1.33. The van der Waals surface area contributed by atoms with E-state index in [2.05, 4.69) is 5.32 Å². The number of nitrogens with one attached hydrogen (secondary N) is 1. The Morgan fingerprint density at radius 1 is 1.21 bits per heavy atom. The third kappa shape index (κ3) is 4.02. The Kier molecular flexibility index (Phi) is 5.87. The second kappa shape index (κ2) is 8.55. The van der Waals surface area contributed by atoms with Gasteiger partial charge in [-0.25, -0.2) is 4.79 Å². The quantitative estimate of drug-likeness (QED) is 0.832. The van der Waals surface area contributed by atoms with Crippen molar-refractivity contribution in [2.45, 2.75) is 26.3 Å². The topological polar surface area (TPSA) is 74.8 Å². The number of pyridine rings is 1. The molecule has 2 aliphatic heterocycles. The van der Waals surface area contributed by atoms with E-state index in [0.717, 1.165) is 53.1 Å². The van der Waals surface area contributed by atoms with Gasteiger partial charge in [0, 0.05) is 67.9 Å². The fourth-order valence-corrected chi connectivity index (χ4v) is 4.14. The number of carbonyl (C=O) groups excluding carboxylic acids is 2. The monoisotopic (exact) mass is 416 g/mol. The number of nitrogens with zero attached hydrogens (tertiary/aromatic N) is 3. The number of piperazine rings is 1. The van der Waals surface area contributed by atoms with E-state index < -0.39 is 0 Å². The Labute approximate surface area is 175 Å². The van der Waals surface area contributed by atoms with Crippen LogP contribution in [-0.4, -0.2) is 66.1 Å². The van der Waals surface area contributed by atoms with E-state index in [4.69, 9.17) is 21.3 Å². The lowest BCUT2D eigenvalue weighted by Crippen LogP contribution is -2.50. The van der Waals surface area contributed by atoms with Crippen LogP contribution < -0.4 is 5.32 Å². The molecule has 0 bridgehead atoms. The molecule has 0 spiro atoms. The molecule has 2 amide bonds. The maximum atomic E-state index is 13.0. The molecule has 154 valence electrons. The molecule has 1 fully saturated rings. The minimum atomic E-state index is -0.303. The smallest absolute Gasteiger partial charge is 0.409 e. The van der Waals surface area contributed by atoms with Crippen molar-refractivity contribution >= 4 is 34.5 Å². The van der Waals surface area contributed by atoms with Crippen LogP contribution in [0.15, 0.2) is 18.2 Å². The summed E-state index contributed by atoms with van der Waals surface area (Å²) in [5.41, 5.74) is 3.40. The predicted molar refractivity (Wildman–Crippen MR) is 111 cm³/mol. The number of halogens is 1. The summed E-state index contributed by atoms with van der Waals surface area (Å²) in [7, 11) is 0. The maximum Gasteiger partial charge on any atom is 0.409 e. The van der Waals surface area contributed by atoms with Crippen molar-refractivity contribution in [2.75, 3.05) is 39.3 Å². The second-order valence-corrected chi connectivity index (χ2v) is 7.78. The van der Waals surface area contributed by atoms with Crippen molar-refractivity contribution < 1.29 is 14.3 Å². The molecule has 3 heterocycles. The molecule has 7 nitrogen and oxygen atoms in total. The highest BCUT2D eigenvalue weighted by atomic mass is 35.5. The van der Waals surface area contributed by atoms with Crippen molar-refractivity contribution in [2.24, 2.45) is 0 Å². The maximum absolute atomic E-state index is 13.0. The standard InChI is InChI=1S/C21H25ClN4O3/c1-2-11-29-21(28)26-9-7-25(8-10-26)20(27)14-3-4-15-18(12-14)24-17-5-6-23-13-16(17)19(15)22/h3-4,12,23H,2,5-11,13H2,1H3. The molecular formula is C21H25ClN4O3. The van der Waals surface area contributed by atoms with Crippen LogP contribution in [0.3, 0.4) is 0 Å². The lowest BCUT2D eigenvalue weighted by molar-refractivity contribution is 0.0560. The normalized spacial score (nSPS) is 16.6. The van der Waals surface area contributed by atoms with E-state index in [0.29, 0.717) is 38.3 Å². The van der Waals surface area contributed by atoms with Gasteiger partial charge in [0.1, 0.15) is 0 Å². The lowest BCUT2D eigenvalue weighted by Gasteiger charge is -2.34. The van der Waals surface area contributed by atoms with Crippen LogP contribution in [0.25, 0.3) is 10.9 Å². The highest BCUT2D eigenvalue weighted by molar-refractivity contribution is 6.36. The Hall–Kier alpha value is -2.38. The molecule has 1 saturated heterocycles. The number of amides is 2. The summed E-state index contributed by atoms with van der Waals surface area (Å²) in [6.45, 7) is 5.92. The first kappa shape index (κ1) is 19.9. The molecule has 8 heteroatoms. The third-order valence-corrected chi connectivity index (χ3v) is 5.88. The number of rotatable bonds is 3. The van der Waals surface area contributed by atoms with Crippen molar-refractivity contribution in [3.63, 3.8) is 0 Å². The van der Waals surface area contributed by atoms with Crippen LogP contribution in [0.4, 0.5) is 4.79 Å². The molecule has 0 aliphatic carbocycles. The van der Waals surface area contributed by atoms with Gasteiger partial charge in [-0.15, -0.1) is 0 Å². The first-order valence-electron chi connectivity index (χ1n) is 10.1. The van der Waals surface area contributed by atoms with E-state index in [9.17, 15) is 9.59 Å². The zero-order chi connectivity index (χ0) is 20.4. The van der Waals surface area contributed by atoms with Crippen LogP contribution in [0.5, 0.6) is 0 Å². The van der Waals surface area contributed by atoms with Crippen LogP contribution >= 0.6 is 11.6 Å².